The molecule has 4 nitrogen and oxygen atoms in total. The first kappa shape index (κ1) is 13.1. The van der Waals surface area contributed by atoms with E-state index in [2.05, 4.69) is 12.0 Å². The normalized spacial score (nSPS) is 23.9. The Kier molecular flexibility index (Phi) is 4.04. The minimum atomic E-state index is 0.234. The maximum atomic E-state index is 11.1. The zero-order valence-electron chi connectivity index (χ0n) is 11.5. The van der Waals surface area contributed by atoms with Crippen LogP contribution in [-0.2, 0) is 7.05 Å². The van der Waals surface area contributed by atoms with Gasteiger partial charge >= 0.3 is 0 Å². The highest BCUT2D eigenvalue weighted by Crippen LogP contribution is 2.31. The lowest BCUT2D eigenvalue weighted by Gasteiger charge is -2.31. The van der Waals surface area contributed by atoms with E-state index in [0.717, 1.165) is 24.8 Å². The summed E-state index contributed by atoms with van der Waals surface area (Å²) in [7, 11) is 1.83. The fourth-order valence-electron chi connectivity index (χ4n) is 2.87. The summed E-state index contributed by atoms with van der Waals surface area (Å²) in [5.74, 6) is 1.24. The fraction of sp³-hybridized carbons (Fsp3) is 0.714. The highest BCUT2D eigenvalue weighted by atomic mass is 16.5. The molecule has 1 saturated carbocycles. The summed E-state index contributed by atoms with van der Waals surface area (Å²) in [6.45, 7) is 4.05. The molecule has 0 bridgehead atoms. The van der Waals surface area contributed by atoms with Gasteiger partial charge in [0, 0.05) is 7.05 Å². The Bertz CT molecular complexity index is 426. The van der Waals surface area contributed by atoms with Crippen molar-refractivity contribution in [3.8, 4) is 5.88 Å². The van der Waals surface area contributed by atoms with Crippen LogP contribution in [0.3, 0.4) is 0 Å². The summed E-state index contributed by atoms with van der Waals surface area (Å²) in [5, 5.41) is 4.26. The van der Waals surface area contributed by atoms with Crippen LogP contribution >= 0.6 is 0 Å². The first-order valence-corrected chi connectivity index (χ1v) is 6.82. The lowest BCUT2D eigenvalue weighted by molar-refractivity contribution is 0.0800. The molecule has 0 amide bonds. The topological polar surface area (TPSA) is 44.1 Å². The molecular formula is C14H22N2O2. The van der Waals surface area contributed by atoms with E-state index in [4.69, 9.17) is 4.74 Å². The largest absolute Gasteiger partial charge is 0.474 e. The number of rotatable bonds is 4. The van der Waals surface area contributed by atoms with Gasteiger partial charge in [-0.25, -0.2) is 4.68 Å². The SMILES string of the molecule is CCC1CCCCC1Oc1c(C=O)c(C)nn1C. The molecule has 4 heteroatoms. The lowest BCUT2D eigenvalue weighted by atomic mass is 9.85. The molecule has 1 aromatic rings. The Hall–Kier alpha value is -1.32. The Balaban J connectivity index is 2.19. The van der Waals surface area contributed by atoms with E-state index in [1.54, 1.807) is 4.68 Å². The Labute approximate surface area is 108 Å². The molecular weight excluding hydrogens is 228 g/mol. The highest BCUT2D eigenvalue weighted by molar-refractivity contribution is 5.80. The number of ether oxygens (including phenoxy) is 1. The van der Waals surface area contributed by atoms with Gasteiger partial charge in [0.15, 0.2) is 6.29 Å². The predicted molar refractivity (Wildman–Crippen MR) is 70.0 cm³/mol. The van der Waals surface area contributed by atoms with Crippen LogP contribution in [0.25, 0.3) is 0 Å². The van der Waals surface area contributed by atoms with Gasteiger partial charge in [-0.05, 0) is 38.5 Å². The van der Waals surface area contributed by atoms with E-state index in [1.807, 2.05) is 14.0 Å². The zero-order valence-corrected chi connectivity index (χ0v) is 11.5. The molecule has 1 heterocycles. The Morgan fingerprint density at radius 3 is 2.83 bits per heavy atom. The van der Waals surface area contributed by atoms with Crippen LogP contribution in [-0.4, -0.2) is 22.2 Å². The van der Waals surface area contributed by atoms with Crippen LogP contribution in [0.1, 0.15) is 55.1 Å². The number of carbonyl (C=O) groups is 1. The number of aldehydes is 1. The molecule has 0 radical (unpaired) electrons. The molecule has 0 aromatic carbocycles. The summed E-state index contributed by atoms with van der Waals surface area (Å²) in [4.78, 5) is 11.1. The minimum absolute atomic E-state index is 0.234. The van der Waals surface area contributed by atoms with Gasteiger partial charge in [0.05, 0.1) is 11.3 Å². The number of nitrogens with zero attached hydrogens (tertiary/aromatic N) is 2. The quantitative estimate of drug-likeness (QED) is 0.772. The summed E-state index contributed by atoms with van der Waals surface area (Å²) in [5.41, 5.74) is 1.34. The lowest BCUT2D eigenvalue weighted by Crippen LogP contribution is -2.30. The van der Waals surface area contributed by atoms with Crippen molar-refractivity contribution in [1.82, 2.24) is 9.78 Å². The van der Waals surface area contributed by atoms with Crippen LogP contribution in [0.2, 0.25) is 0 Å². The molecule has 18 heavy (non-hydrogen) atoms. The van der Waals surface area contributed by atoms with Gasteiger partial charge < -0.3 is 4.74 Å². The van der Waals surface area contributed by atoms with Crippen molar-refractivity contribution in [2.75, 3.05) is 0 Å². The van der Waals surface area contributed by atoms with Gasteiger partial charge in [0.2, 0.25) is 5.88 Å². The molecule has 100 valence electrons. The average Bonchev–Trinajstić information content (AvgIpc) is 2.64. The number of aromatic nitrogens is 2. The van der Waals surface area contributed by atoms with Crippen molar-refractivity contribution >= 4 is 6.29 Å². The van der Waals surface area contributed by atoms with E-state index in [0.29, 0.717) is 17.4 Å². The fourth-order valence-corrected chi connectivity index (χ4v) is 2.87. The van der Waals surface area contributed by atoms with Crippen LogP contribution in [0, 0.1) is 12.8 Å². The van der Waals surface area contributed by atoms with E-state index in [-0.39, 0.29) is 6.10 Å². The van der Waals surface area contributed by atoms with Gasteiger partial charge in [-0.2, -0.15) is 5.10 Å². The minimum Gasteiger partial charge on any atom is -0.474 e. The van der Waals surface area contributed by atoms with Crippen LogP contribution in [0.5, 0.6) is 5.88 Å². The second-order valence-corrected chi connectivity index (χ2v) is 5.15. The molecule has 1 aromatic heterocycles. The second kappa shape index (κ2) is 5.55. The number of hydrogen-bond acceptors (Lipinski definition) is 3. The van der Waals surface area contributed by atoms with Gasteiger partial charge in [-0.3, -0.25) is 4.79 Å². The number of carbonyl (C=O) groups excluding carboxylic acids is 1. The Morgan fingerprint density at radius 1 is 1.44 bits per heavy atom. The molecule has 0 N–H and O–H groups in total. The summed E-state index contributed by atoms with van der Waals surface area (Å²) in [6, 6.07) is 0. The second-order valence-electron chi connectivity index (χ2n) is 5.15. The van der Waals surface area contributed by atoms with Crippen molar-refractivity contribution in [1.29, 1.82) is 0 Å². The van der Waals surface area contributed by atoms with Crippen molar-refractivity contribution in [3.63, 3.8) is 0 Å². The van der Waals surface area contributed by atoms with Crippen molar-refractivity contribution in [2.24, 2.45) is 13.0 Å². The molecule has 2 atom stereocenters. The van der Waals surface area contributed by atoms with E-state index < -0.39 is 0 Å². The van der Waals surface area contributed by atoms with Crippen molar-refractivity contribution < 1.29 is 9.53 Å². The number of aryl methyl sites for hydroxylation is 2. The molecule has 0 saturated heterocycles. The highest BCUT2D eigenvalue weighted by Gasteiger charge is 2.27. The molecule has 1 aliphatic rings. The zero-order chi connectivity index (χ0) is 13.1. The predicted octanol–water partition coefficient (Wildman–Crippen LogP) is 2.89. The van der Waals surface area contributed by atoms with Crippen LogP contribution < -0.4 is 4.74 Å². The van der Waals surface area contributed by atoms with Crippen molar-refractivity contribution in [2.45, 2.75) is 52.1 Å². The molecule has 2 rings (SSSR count). The molecule has 1 fully saturated rings. The van der Waals surface area contributed by atoms with Crippen molar-refractivity contribution in [3.05, 3.63) is 11.3 Å². The maximum Gasteiger partial charge on any atom is 0.222 e. The van der Waals surface area contributed by atoms with Gasteiger partial charge in [0.1, 0.15) is 6.10 Å². The summed E-state index contributed by atoms with van der Waals surface area (Å²) in [6.07, 6.45) is 7.05. The van der Waals surface area contributed by atoms with E-state index >= 15 is 0 Å². The van der Waals surface area contributed by atoms with E-state index in [9.17, 15) is 4.79 Å². The third kappa shape index (κ3) is 2.42. The molecule has 1 aliphatic carbocycles. The molecule has 2 unspecified atom stereocenters. The van der Waals surface area contributed by atoms with E-state index in [1.165, 1.54) is 19.3 Å². The summed E-state index contributed by atoms with van der Waals surface area (Å²) < 4.78 is 7.78. The Morgan fingerprint density at radius 2 is 2.17 bits per heavy atom. The molecule has 0 aliphatic heterocycles. The monoisotopic (exact) mass is 250 g/mol. The first-order valence-electron chi connectivity index (χ1n) is 6.82. The first-order chi connectivity index (χ1) is 8.67. The standard InChI is InChI=1S/C14H22N2O2/c1-4-11-7-5-6-8-13(11)18-14-12(9-17)10(2)15-16(14)3/h9,11,13H,4-8H2,1-3H3. The smallest absolute Gasteiger partial charge is 0.222 e. The average molecular weight is 250 g/mol. The third-order valence-electron chi connectivity index (χ3n) is 3.96. The van der Waals surface area contributed by atoms with Crippen LogP contribution in [0.15, 0.2) is 0 Å². The van der Waals surface area contributed by atoms with Gasteiger partial charge in [0.25, 0.3) is 0 Å². The number of hydrogen-bond donors (Lipinski definition) is 0. The summed E-state index contributed by atoms with van der Waals surface area (Å²) >= 11 is 0. The maximum absolute atomic E-state index is 11.1. The van der Waals surface area contributed by atoms with Gasteiger partial charge in [-0.1, -0.05) is 13.3 Å². The van der Waals surface area contributed by atoms with Crippen LogP contribution in [0.4, 0.5) is 0 Å². The van der Waals surface area contributed by atoms with Gasteiger partial charge in [-0.15, -0.1) is 0 Å². The third-order valence-corrected chi connectivity index (χ3v) is 3.96. The molecule has 0 spiro atoms.